The molecule has 0 spiro atoms. The van der Waals surface area contributed by atoms with Gasteiger partial charge in [-0.15, -0.1) is 0 Å². The molecule has 0 unspecified atom stereocenters. The summed E-state index contributed by atoms with van der Waals surface area (Å²) in [6.07, 6.45) is 0. The normalized spacial score (nSPS) is 10.2. The number of amides is 1. The van der Waals surface area contributed by atoms with Gasteiger partial charge < -0.3 is 14.8 Å². The highest BCUT2D eigenvalue weighted by atomic mass is 16.5. The third-order valence-corrected chi connectivity index (χ3v) is 3.52. The van der Waals surface area contributed by atoms with Crippen LogP contribution in [0.25, 0.3) is 0 Å². The largest absolute Gasteiger partial charge is 0.496 e. The molecule has 1 amide bonds. The van der Waals surface area contributed by atoms with Gasteiger partial charge in [0.05, 0.1) is 12.8 Å². The second-order valence-corrected chi connectivity index (χ2v) is 5.55. The lowest BCUT2D eigenvalue weighted by atomic mass is 10.1. The van der Waals surface area contributed by atoms with Gasteiger partial charge in [0.15, 0.2) is 5.78 Å². The van der Waals surface area contributed by atoms with Crippen LogP contribution in [0.15, 0.2) is 36.4 Å². The Bertz CT molecular complexity index is 768. The van der Waals surface area contributed by atoms with E-state index in [2.05, 4.69) is 5.32 Å². The maximum absolute atomic E-state index is 11.6. The Balaban J connectivity index is 2.30. The number of hydrogen-bond donors (Lipinski definition) is 1. The number of Topliss-reactive ketones (excluding diaryl/α,β-unsaturated/α-hetero) is 1. The predicted molar refractivity (Wildman–Crippen MR) is 92.8 cm³/mol. The Kier molecular flexibility index (Phi) is 5.58. The lowest BCUT2D eigenvalue weighted by Gasteiger charge is -2.15. The van der Waals surface area contributed by atoms with Crippen molar-refractivity contribution in [3.8, 4) is 11.5 Å². The number of ether oxygens (including phenoxy) is 2. The first kappa shape index (κ1) is 17.5. The molecule has 126 valence electrons. The summed E-state index contributed by atoms with van der Waals surface area (Å²) in [6.45, 7) is 5.16. The minimum atomic E-state index is -0.205. The quantitative estimate of drug-likeness (QED) is 0.821. The third kappa shape index (κ3) is 4.35. The molecule has 0 radical (unpaired) electrons. The average molecular weight is 327 g/mol. The smallest absolute Gasteiger partial charge is 0.221 e. The summed E-state index contributed by atoms with van der Waals surface area (Å²) in [4.78, 5) is 22.9. The van der Waals surface area contributed by atoms with E-state index in [1.165, 1.54) is 13.8 Å². The molecule has 0 bridgehead atoms. The van der Waals surface area contributed by atoms with Gasteiger partial charge in [-0.1, -0.05) is 11.6 Å². The average Bonchev–Trinajstić information content (AvgIpc) is 2.53. The SMILES string of the molecule is COc1ccc(C)cc1COc1cc(C(C)=O)ccc1NC(C)=O. The van der Waals surface area contributed by atoms with Crippen molar-refractivity contribution in [3.63, 3.8) is 0 Å². The van der Waals surface area contributed by atoms with Crippen molar-refractivity contribution in [2.24, 2.45) is 0 Å². The monoisotopic (exact) mass is 327 g/mol. The first-order chi connectivity index (χ1) is 11.4. The van der Waals surface area contributed by atoms with Gasteiger partial charge in [-0.25, -0.2) is 0 Å². The molecular weight excluding hydrogens is 306 g/mol. The standard InChI is InChI=1S/C19H21NO4/c1-12-5-8-18(23-4)16(9-12)11-24-19-10-15(13(2)21)6-7-17(19)20-14(3)22/h5-10H,11H2,1-4H3,(H,20,22). The number of ketones is 1. The van der Waals surface area contributed by atoms with Gasteiger partial charge in [0.2, 0.25) is 5.91 Å². The molecule has 0 saturated carbocycles. The van der Waals surface area contributed by atoms with Gasteiger partial charge >= 0.3 is 0 Å². The lowest BCUT2D eigenvalue weighted by Crippen LogP contribution is -2.09. The number of carbonyl (C=O) groups is 2. The van der Waals surface area contributed by atoms with Gasteiger partial charge in [-0.2, -0.15) is 0 Å². The number of methoxy groups -OCH3 is 1. The first-order valence-electron chi connectivity index (χ1n) is 7.59. The molecule has 1 N–H and O–H groups in total. The number of benzene rings is 2. The summed E-state index contributed by atoms with van der Waals surface area (Å²) in [5.74, 6) is 0.900. The van der Waals surface area contributed by atoms with E-state index >= 15 is 0 Å². The predicted octanol–water partition coefficient (Wildman–Crippen LogP) is 3.74. The number of nitrogens with one attached hydrogen (secondary N) is 1. The van der Waals surface area contributed by atoms with Crippen molar-refractivity contribution >= 4 is 17.4 Å². The zero-order valence-corrected chi connectivity index (χ0v) is 14.3. The van der Waals surface area contributed by atoms with Crippen LogP contribution in [0.4, 0.5) is 5.69 Å². The van der Waals surface area contributed by atoms with Crippen LogP contribution in [0, 0.1) is 6.92 Å². The van der Waals surface area contributed by atoms with E-state index in [0.29, 0.717) is 17.0 Å². The highest BCUT2D eigenvalue weighted by molar-refractivity contribution is 5.96. The number of aryl methyl sites for hydroxylation is 1. The fraction of sp³-hybridized carbons (Fsp3) is 0.263. The summed E-state index contributed by atoms with van der Waals surface area (Å²) in [5, 5.41) is 2.71. The van der Waals surface area contributed by atoms with Gasteiger partial charge in [0.1, 0.15) is 18.1 Å². The summed E-state index contributed by atoms with van der Waals surface area (Å²) < 4.78 is 11.2. The molecule has 24 heavy (non-hydrogen) atoms. The summed E-state index contributed by atoms with van der Waals surface area (Å²) >= 11 is 0. The van der Waals surface area contributed by atoms with Crippen LogP contribution in [-0.4, -0.2) is 18.8 Å². The molecule has 2 aromatic carbocycles. The van der Waals surface area contributed by atoms with Crippen LogP contribution in [0.2, 0.25) is 0 Å². The van der Waals surface area contributed by atoms with Gasteiger partial charge in [0.25, 0.3) is 0 Å². The van der Waals surface area contributed by atoms with E-state index < -0.39 is 0 Å². The summed E-state index contributed by atoms with van der Waals surface area (Å²) in [6, 6.07) is 10.8. The van der Waals surface area contributed by atoms with E-state index in [1.807, 2.05) is 25.1 Å². The third-order valence-electron chi connectivity index (χ3n) is 3.52. The van der Waals surface area contributed by atoms with E-state index in [0.717, 1.165) is 16.9 Å². The highest BCUT2D eigenvalue weighted by Gasteiger charge is 2.11. The van der Waals surface area contributed by atoms with Gasteiger partial charge in [0, 0.05) is 18.1 Å². The van der Waals surface area contributed by atoms with Crippen LogP contribution in [0.3, 0.4) is 0 Å². The number of anilines is 1. The first-order valence-corrected chi connectivity index (χ1v) is 7.59. The van der Waals surface area contributed by atoms with Crippen LogP contribution < -0.4 is 14.8 Å². The van der Waals surface area contributed by atoms with Crippen LogP contribution in [0.1, 0.15) is 35.3 Å². The molecule has 0 aliphatic rings. The van der Waals surface area contributed by atoms with Crippen molar-refractivity contribution in [1.82, 2.24) is 0 Å². The number of hydrogen-bond acceptors (Lipinski definition) is 4. The Labute approximate surface area is 141 Å². The molecule has 5 nitrogen and oxygen atoms in total. The van der Waals surface area contributed by atoms with Crippen LogP contribution >= 0.6 is 0 Å². The van der Waals surface area contributed by atoms with Crippen molar-refractivity contribution < 1.29 is 19.1 Å². The Morgan fingerprint density at radius 3 is 2.42 bits per heavy atom. The highest BCUT2D eigenvalue weighted by Crippen LogP contribution is 2.29. The molecule has 0 heterocycles. The van der Waals surface area contributed by atoms with Crippen LogP contribution in [0.5, 0.6) is 11.5 Å². The summed E-state index contributed by atoms with van der Waals surface area (Å²) in [5.41, 5.74) is 3.03. The number of carbonyl (C=O) groups excluding carboxylic acids is 2. The fourth-order valence-corrected chi connectivity index (χ4v) is 2.33. The zero-order chi connectivity index (χ0) is 17.7. The molecule has 0 aromatic heterocycles. The molecule has 0 fully saturated rings. The topological polar surface area (TPSA) is 64.6 Å². The van der Waals surface area contributed by atoms with E-state index in [1.54, 1.807) is 25.3 Å². The zero-order valence-electron chi connectivity index (χ0n) is 14.3. The molecule has 0 atom stereocenters. The number of rotatable bonds is 6. The second kappa shape index (κ2) is 7.64. The van der Waals surface area contributed by atoms with Crippen LogP contribution in [-0.2, 0) is 11.4 Å². The van der Waals surface area contributed by atoms with Crippen molar-refractivity contribution in [1.29, 1.82) is 0 Å². The molecule has 0 aliphatic heterocycles. The molecular formula is C19H21NO4. The molecule has 2 rings (SSSR count). The lowest BCUT2D eigenvalue weighted by molar-refractivity contribution is -0.114. The van der Waals surface area contributed by atoms with Gasteiger partial charge in [-0.05, 0) is 44.2 Å². The minimum Gasteiger partial charge on any atom is -0.496 e. The maximum atomic E-state index is 11.6. The Morgan fingerprint density at radius 2 is 1.79 bits per heavy atom. The molecule has 2 aromatic rings. The molecule has 0 saturated heterocycles. The van der Waals surface area contributed by atoms with Crippen molar-refractivity contribution in [2.75, 3.05) is 12.4 Å². The van der Waals surface area contributed by atoms with E-state index in [-0.39, 0.29) is 18.3 Å². The van der Waals surface area contributed by atoms with E-state index in [9.17, 15) is 9.59 Å². The molecule has 0 aliphatic carbocycles. The maximum Gasteiger partial charge on any atom is 0.221 e. The fourth-order valence-electron chi connectivity index (χ4n) is 2.33. The Hall–Kier alpha value is -2.82. The minimum absolute atomic E-state index is 0.0673. The second-order valence-electron chi connectivity index (χ2n) is 5.55. The summed E-state index contributed by atoms with van der Waals surface area (Å²) in [7, 11) is 1.60. The van der Waals surface area contributed by atoms with Crippen molar-refractivity contribution in [3.05, 3.63) is 53.1 Å². The molecule has 5 heteroatoms. The Morgan fingerprint density at radius 1 is 1.04 bits per heavy atom. The van der Waals surface area contributed by atoms with Gasteiger partial charge in [-0.3, -0.25) is 9.59 Å². The van der Waals surface area contributed by atoms with Crippen molar-refractivity contribution in [2.45, 2.75) is 27.4 Å². The van der Waals surface area contributed by atoms with E-state index in [4.69, 9.17) is 9.47 Å².